The van der Waals surface area contributed by atoms with E-state index in [9.17, 15) is 4.79 Å². The zero-order valence-electron chi connectivity index (χ0n) is 9.20. The molecular weight excluding hydrogens is 259 g/mol. The Bertz CT molecular complexity index is 168. The summed E-state index contributed by atoms with van der Waals surface area (Å²) in [6, 6.07) is 0. The van der Waals surface area contributed by atoms with Gasteiger partial charge in [0, 0.05) is 32.7 Å². The predicted molar refractivity (Wildman–Crippen MR) is 50.0 cm³/mol. The standard InChI is InChI=1S/C9H18NO3.Y/c1-5-7(11)6-10-8(12)13-9(2,3)4;/h6-7,11H,5H2,1-4H3,(H,10,12);/q-1;/t7-;/m0./s1. The van der Waals surface area contributed by atoms with Crippen molar-refractivity contribution in [3.63, 3.8) is 0 Å². The average Bonchev–Trinajstić information content (AvgIpc) is 1.97. The van der Waals surface area contributed by atoms with Crippen molar-refractivity contribution in [1.29, 1.82) is 0 Å². The van der Waals surface area contributed by atoms with Crippen LogP contribution in [0.15, 0.2) is 0 Å². The van der Waals surface area contributed by atoms with Crippen molar-refractivity contribution in [3.8, 4) is 0 Å². The zero-order valence-corrected chi connectivity index (χ0v) is 12.0. The van der Waals surface area contributed by atoms with Crippen molar-refractivity contribution in [2.24, 2.45) is 0 Å². The summed E-state index contributed by atoms with van der Waals surface area (Å²) in [6.07, 6.45) is -0.594. The minimum absolute atomic E-state index is 0. The van der Waals surface area contributed by atoms with Crippen molar-refractivity contribution in [3.05, 3.63) is 6.54 Å². The quantitative estimate of drug-likeness (QED) is 0.767. The molecule has 0 heterocycles. The fourth-order valence-electron chi connectivity index (χ4n) is 0.590. The van der Waals surface area contributed by atoms with E-state index in [1.165, 1.54) is 6.54 Å². The summed E-state index contributed by atoms with van der Waals surface area (Å²) in [5.41, 5.74) is -0.505. The van der Waals surface area contributed by atoms with Gasteiger partial charge < -0.3 is 15.2 Å². The van der Waals surface area contributed by atoms with Gasteiger partial charge >= 0.3 is 6.09 Å². The topological polar surface area (TPSA) is 58.6 Å². The first-order chi connectivity index (χ1) is 5.85. The molecule has 0 fully saturated rings. The number of ether oxygens (including phenoxy) is 1. The van der Waals surface area contributed by atoms with Gasteiger partial charge in [0.1, 0.15) is 5.60 Å². The summed E-state index contributed by atoms with van der Waals surface area (Å²) in [7, 11) is 0. The van der Waals surface area contributed by atoms with E-state index in [0.29, 0.717) is 6.42 Å². The SMILES string of the molecule is CC[C@H](O)[CH-]NC(=O)OC(C)(C)C.[Y]. The van der Waals surface area contributed by atoms with Gasteiger partial charge in [-0.2, -0.15) is 0 Å². The van der Waals surface area contributed by atoms with E-state index in [1.807, 2.05) is 6.92 Å². The smallest absolute Gasteiger partial charge is 0.378 e. The van der Waals surface area contributed by atoms with E-state index in [2.05, 4.69) is 5.32 Å². The van der Waals surface area contributed by atoms with E-state index in [-0.39, 0.29) is 32.7 Å². The monoisotopic (exact) mass is 277 g/mol. The summed E-state index contributed by atoms with van der Waals surface area (Å²) in [4.78, 5) is 11.0. The summed E-state index contributed by atoms with van der Waals surface area (Å²) in [6.45, 7) is 8.47. The Hall–Kier alpha value is 0.334. The second kappa shape index (κ2) is 7.60. The van der Waals surface area contributed by atoms with Crippen LogP contribution >= 0.6 is 0 Å². The summed E-state index contributed by atoms with van der Waals surface area (Å²) >= 11 is 0. The molecule has 81 valence electrons. The third-order valence-corrected chi connectivity index (χ3v) is 1.21. The third-order valence-electron chi connectivity index (χ3n) is 1.21. The Balaban J connectivity index is 0. The number of carbonyl (C=O) groups excluding carboxylic acids is 1. The summed E-state index contributed by atoms with van der Waals surface area (Å²) in [5.74, 6) is 0. The molecule has 0 aromatic rings. The Morgan fingerprint density at radius 1 is 1.57 bits per heavy atom. The van der Waals surface area contributed by atoms with Crippen LogP contribution < -0.4 is 5.32 Å². The molecule has 4 nitrogen and oxygen atoms in total. The van der Waals surface area contributed by atoms with Gasteiger partial charge in [-0.3, -0.25) is 0 Å². The Labute approximate surface area is 111 Å². The van der Waals surface area contributed by atoms with Crippen molar-refractivity contribution < 1.29 is 47.3 Å². The molecule has 0 unspecified atom stereocenters. The van der Waals surface area contributed by atoms with Crippen molar-refractivity contribution in [2.45, 2.75) is 45.8 Å². The predicted octanol–water partition coefficient (Wildman–Crippen LogP) is 1.44. The molecule has 0 saturated heterocycles. The molecule has 1 radical (unpaired) electrons. The number of alkyl carbamates (subject to hydrolysis) is 1. The maximum atomic E-state index is 11.0. The molecule has 0 aromatic carbocycles. The van der Waals surface area contributed by atoms with E-state index in [4.69, 9.17) is 9.84 Å². The van der Waals surface area contributed by atoms with Gasteiger partial charge in [0.15, 0.2) is 0 Å². The number of hydrogen-bond donors (Lipinski definition) is 2. The number of carbonyl (C=O) groups is 1. The normalized spacial score (nSPS) is 12.6. The molecule has 0 saturated carbocycles. The second-order valence-electron chi connectivity index (χ2n) is 3.79. The molecule has 5 heteroatoms. The van der Waals surface area contributed by atoms with E-state index in [0.717, 1.165) is 0 Å². The van der Waals surface area contributed by atoms with Gasteiger partial charge in [-0.15, -0.1) is 0 Å². The average molecular weight is 277 g/mol. The number of hydrogen-bond acceptors (Lipinski definition) is 3. The molecule has 1 amide bonds. The number of aliphatic hydroxyl groups is 1. The van der Waals surface area contributed by atoms with Gasteiger partial charge in [-0.1, -0.05) is 19.4 Å². The van der Waals surface area contributed by atoms with Gasteiger partial charge in [0.2, 0.25) is 0 Å². The van der Waals surface area contributed by atoms with Crippen molar-refractivity contribution >= 4 is 6.09 Å². The first kappa shape index (κ1) is 16.8. The van der Waals surface area contributed by atoms with E-state index < -0.39 is 17.8 Å². The van der Waals surface area contributed by atoms with E-state index in [1.54, 1.807) is 20.8 Å². The van der Waals surface area contributed by atoms with Gasteiger partial charge in [0.05, 0.1) is 0 Å². The molecule has 0 spiro atoms. The Morgan fingerprint density at radius 3 is 2.43 bits per heavy atom. The minimum Gasteiger partial charge on any atom is -0.468 e. The summed E-state index contributed by atoms with van der Waals surface area (Å²) < 4.78 is 4.94. The van der Waals surface area contributed by atoms with Crippen LogP contribution in [0.4, 0.5) is 4.79 Å². The number of aliphatic hydroxyl groups excluding tert-OH is 1. The maximum Gasteiger partial charge on any atom is 0.378 e. The van der Waals surface area contributed by atoms with Gasteiger partial charge in [0.25, 0.3) is 0 Å². The fourth-order valence-corrected chi connectivity index (χ4v) is 0.590. The molecule has 2 N–H and O–H groups in total. The molecule has 0 rings (SSSR count). The van der Waals surface area contributed by atoms with Crippen molar-refractivity contribution in [1.82, 2.24) is 5.32 Å². The first-order valence-electron chi connectivity index (χ1n) is 4.36. The Kier molecular flexibility index (Phi) is 9.10. The molecule has 0 aliphatic rings. The van der Waals surface area contributed by atoms with Crippen LogP contribution in [0.5, 0.6) is 0 Å². The first-order valence-corrected chi connectivity index (χ1v) is 4.36. The molecule has 0 aromatic heterocycles. The number of nitrogens with one attached hydrogen (secondary N) is 1. The Morgan fingerprint density at radius 2 is 2.07 bits per heavy atom. The second-order valence-corrected chi connectivity index (χ2v) is 3.79. The zero-order chi connectivity index (χ0) is 10.5. The van der Waals surface area contributed by atoms with Gasteiger partial charge in [-0.25, -0.2) is 11.3 Å². The largest absolute Gasteiger partial charge is 0.468 e. The summed E-state index contributed by atoms with van der Waals surface area (Å²) in [5, 5.41) is 11.4. The fraction of sp³-hybridized carbons (Fsp3) is 0.778. The maximum absolute atomic E-state index is 11.0. The van der Waals surface area contributed by atoms with E-state index >= 15 is 0 Å². The minimum atomic E-state index is -0.618. The van der Waals surface area contributed by atoms with Crippen LogP contribution in [0, 0.1) is 6.54 Å². The molecule has 1 atom stereocenters. The van der Waals surface area contributed by atoms with Crippen LogP contribution in [-0.2, 0) is 37.4 Å². The van der Waals surface area contributed by atoms with Crippen LogP contribution in [0.2, 0.25) is 0 Å². The van der Waals surface area contributed by atoms with Crippen LogP contribution in [0.25, 0.3) is 0 Å². The molecule has 0 aliphatic carbocycles. The van der Waals surface area contributed by atoms with Crippen LogP contribution in [-0.4, -0.2) is 22.9 Å². The molecule has 0 bridgehead atoms. The number of rotatable bonds is 3. The number of amides is 1. The molecular formula is C9H18NO3Y-. The third kappa shape index (κ3) is 10.4. The molecule has 0 aliphatic heterocycles. The molecule has 14 heavy (non-hydrogen) atoms. The van der Waals surface area contributed by atoms with Crippen LogP contribution in [0.1, 0.15) is 34.1 Å². The van der Waals surface area contributed by atoms with Crippen molar-refractivity contribution in [2.75, 3.05) is 0 Å². The van der Waals surface area contributed by atoms with Crippen LogP contribution in [0.3, 0.4) is 0 Å². The van der Waals surface area contributed by atoms with Gasteiger partial charge in [-0.05, 0) is 20.8 Å².